The first-order valence-corrected chi connectivity index (χ1v) is 11.0. The molecule has 2 aromatic rings. The fourth-order valence-electron chi connectivity index (χ4n) is 2.98. The lowest BCUT2D eigenvalue weighted by molar-refractivity contribution is -0.384. The van der Waals surface area contributed by atoms with Crippen molar-refractivity contribution in [2.45, 2.75) is 17.7 Å². The van der Waals surface area contributed by atoms with E-state index in [0.717, 1.165) is 5.56 Å². The number of carbonyl (C=O) groups is 1. The second kappa shape index (κ2) is 9.52. The number of nitrogens with one attached hydrogen (secondary N) is 1. The van der Waals surface area contributed by atoms with Crippen LogP contribution in [0.3, 0.4) is 0 Å². The highest BCUT2D eigenvalue weighted by Crippen LogP contribution is 2.27. The van der Waals surface area contributed by atoms with Crippen LogP contribution in [0.25, 0.3) is 0 Å². The zero-order valence-corrected chi connectivity index (χ0v) is 17.5. The van der Waals surface area contributed by atoms with Crippen LogP contribution in [0.5, 0.6) is 0 Å². The molecule has 30 heavy (non-hydrogen) atoms. The third-order valence-electron chi connectivity index (χ3n) is 4.60. The fraction of sp³-hybridized carbons (Fsp3) is 0.316. The maximum atomic E-state index is 12.6. The van der Waals surface area contributed by atoms with Gasteiger partial charge in [-0.3, -0.25) is 14.9 Å². The van der Waals surface area contributed by atoms with Crippen molar-refractivity contribution in [2.24, 2.45) is 0 Å². The van der Waals surface area contributed by atoms with Gasteiger partial charge in [-0.1, -0.05) is 23.7 Å². The number of anilines is 1. The SMILES string of the molecule is O=C(CCc1ccc(S(=O)(=O)N2CCOCC2)cc1)Nc1ccc(Cl)c([N+](=O)[O-])c1. The van der Waals surface area contributed by atoms with E-state index in [1.54, 1.807) is 12.1 Å². The quantitative estimate of drug-likeness (QED) is 0.508. The van der Waals surface area contributed by atoms with E-state index in [-0.39, 0.29) is 33.6 Å². The molecule has 1 aliphatic heterocycles. The van der Waals surface area contributed by atoms with Gasteiger partial charge < -0.3 is 10.1 Å². The minimum Gasteiger partial charge on any atom is -0.379 e. The predicted octanol–water partition coefficient (Wildman–Crippen LogP) is 2.84. The van der Waals surface area contributed by atoms with E-state index >= 15 is 0 Å². The number of halogens is 1. The van der Waals surface area contributed by atoms with Crippen molar-refractivity contribution in [1.82, 2.24) is 4.31 Å². The second-order valence-corrected chi connectivity index (χ2v) is 8.98. The lowest BCUT2D eigenvalue weighted by Gasteiger charge is -2.26. The molecule has 0 aromatic heterocycles. The van der Waals surface area contributed by atoms with Gasteiger partial charge in [-0.25, -0.2) is 8.42 Å². The van der Waals surface area contributed by atoms with Crippen LogP contribution in [0.2, 0.25) is 5.02 Å². The van der Waals surface area contributed by atoms with Gasteiger partial charge in [-0.2, -0.15) is 4.31 Å². The molecule has 0 bridgehead atoms. The molecule has 1 saturated heterocycles. The van der Waals surface area contributed by atoms with E-state index in [9.17, 15) is 23.3 Å². The topological polar surface area (TPSA) is 119 Å². The Hall–Kier alpha value is -2.53. The highest BCUT2D eigenvalue weighted by molar-refractivity contribution is 7.89. The number of carbonyl (C=O) groups excluding carboxylic acids is 1. The summed E-state index contributed by atoms with van der Waals surface area (Å²) in [5.74, 6) is -0.323. The van der Waals surface area contributed by atoms with Crippen LogP contribution < -0.4 is 5.32 Å². The molecule has 2 aromatic carbocycles. The van der Waals surface area contributed by atoms with E-state index < -0.39 is 14.9 Å². The summed E-state index contributed by atoms with van der Waals surface area (Å²) in [5, 5.41) is 13.5. The molecule has 0 aliphatic carbocycles. The smallest absolute Gasteiger partial charge is 0.289 e. The molecule has 11 heteroatoms. The standard InChI is InChI=1S/C19H20ClN3O6S/c20-17-7-4-15(13-18(17)23(25)26)21-19(24)8-3-14-1-5-16(6-2-14)30(27,28)22-9-11-29-12-10-22/h1-2,4-7,13H,3,8-12H2,(H,21,24). The number of ether oxygens (including phenoxy) is 1. The van der Waals surface area contributed by atoms with Gasteiger partial charge in [0.1, 0.15) is 5.02 Å². The Morgan fingerprint density at radius 2 is 1.83 bits per heavy atom. The van der Waals surface area contributed by atoms with Gasteiger partial charge in [0.25, 0.3) is 5.69 Å². The number of benzene rings is 2. The minimum absolute atomic E-state index is 0.00915. The summed E-state index contributed by atoms with van der Waals surface area (Å²) < 4.78 is 31.8. The molecular weight excluding hydrogens is 434 g/mol. The molecule has 9 nitrogen and oxygen atoms in total. The number of rotatable bonds is 7. The number of morpholine rings is 1. The first-order chi connectivity index (χ1) is 14.3. The second-order valence-electron chi connectivity index (χ2n) is 6.63. The highest BCUT2D eigenvalue weighted by atomic mass is 35.5. The number of nitro groups is 1. The Kier molecular flexibility index (Phi) is 7.03. The first kappa shape index (κ1) is 22.2. The minimum atomic E-state index is -3.56. The molecule has 3 rings (SSSR count). The molecule has 0 atom stereocenters. The third-order valence-corrected chi connectivity index (χ3v) is 6.83. The van der Waals surface area contributed by atoms with Crippen molar-refractivity contribution in [1.29, 1.82) is 0 Å². The summed E-state index contributed by atoms with van der Waals surface area (Å²) in [7, 11) is -3.56. The summed E-state index contributed by atoms with van der Waals surface area (Å²) in [4.78, 5) is 22.7. The van der Waals surface area contributed by atoms with Gasteiger partial charge >= 0.3 is 0 Å². The number of sulfonamides is 1. The van der Waals surface area contributed by atoms with Gasteiger partial charge in [0.2, 0.25) is 15.9 Å². The van der Waals surface area contributed by atoms with E-state index in [1.165, 1.54) is 34.6 Å². The summed E-state index contributed by atoms with van der Waals surface area (Å²) in [5.41, 5.74) is 0.794. The number of aryl methyl sites for hydroxylation is 1. The van der Waals surface area contributed by atoms with Gasteiger partial charge in [-0.05, 0) is 36.2 Å². The average Bonchev–Trinajstić information content (AvgIpc) is 2.74. The Morgan fingerprint density at radius 3 is 2.47 bits per heavy atom. The zero-order chi connectivity index (χ0) is 21.7. The summed E-state index contributed by atoms with van der Waals surface area (Å²) >= 11 is 5.76. The van der Waals surface area contributed by atoms with Crippen LogP contribution in [0, 0.1) is 10.1 Å². The third kappa shape index (κ3) is 5.33. The van der Waals surface area contributed by atoms with Gasteiger partial charge in [0.15, 0.2) is 0 Å². The van der Waals surface area contributed by atoms with E-state index in [0.29, 0.717) is 32.7 Å². The van der Waals surface area contributed by atoms with Crippen molar-refractivity contribution in [3.05, 3.63) is 63.2 Å². The van der Waals surface area contributed by atoms with Crippen LogP contribution in [-0.2, 0) is 26.0 Å². The molecule has 1 fully saturated rings. The van der Waals surface area contributed by atoms with Crippen molar-refractivity contribution < 1.29 is 22.9 Å². The van der Waals surface area contributed by atoms with Gasteiger partial charge in [0, 0.05) is 31.3 Å². The molecule has 0 spiro atoms. The highest BCUT2D eigenvalue weighted by Gasteiger charge is 2.26. The largest absolute Gasteiger partial charge is 0.379 e. The molecule has 1 amide bonds. The Labute approximate surface area is 178 Å². The van der Waals surface area contributed by atoms with Crippen molar-refractivity contribution in [3.63, 3.8) is 0 Å². The predicted molar refractivity (Wildman–Crippen MR) is 111 cm³/mol. The lowest BCUT2D eigenvalue weighted by atomic mass is 10.1. The molecule has 0 radical (unpaired) electrons. The number of hydrogen-bond acceptors (Lipinski definition) is 6. The Bertz CT molecular complexity index is 1040. The van der Waals surface area contributed by atoms with Crippen LogP contribution in [0.1, 0.15) is 12.0 Å². The molecule has 1 heterocycles. The number of hydrogen-bond donors (Lipinski definition) is 1. The van der Waals surface area contributed by atoms with Crippen LogP contribution in [-0.4, -0.2) is 49.9 Å². The lowest BCUT2D eigenvalue weighted by Crippen LogP contribution is -2.40. The van der Waals surface area contributed by atoms with E-state index in [2.05, 4.69) is 5.32 Å². The normalized spacial score (nSPS) is 15.0. The van der Waals surface area contributed by atoms with E-state index in [4.69, 9.17) is 16.3 Å². The first-order valence-electron chi connectivity index (χ1n) is 9.18. The monoisotopic (exact) mass is 453 g/mol. The molecule has 160 valence electrons. The molecule has 0 saturated carbocycles. The van der Waals surface area contributed by atoms with Crippen molar-refractivity contribution in [3.8, 4) is 0 Å². The number of nitrogens with zero attached hydrogens (tertiary/aromatic N) is 2. The molecular formula is C19H20ClN3O6S. The average molecular weight is 454 g/mol. The van der Waals surface area contributed by atoms with Crippen molar-refractivity contribution in [2.75, 3.05) is 31.6 Å². The van der Waals surface area contributed by atoms with Crippen molar-refractivity contribution >= 4 is 38.9 Å². The fourth-order valence-corrected chi connectivity index (χ4v) is 4.57. The maximum absolute atomic E-state index is 12.6. The Morgan fingerprint density at radius 1 is 1.17 bits per heavy atom. The van der Waals surface area contributed by atoms with Gasteiger partial charge in [0.05, 0.1) is 23.0 Å². The Balaban J connectivity index is 1.58. The molecule has 0 unspecified atom stereocenters. The van der Waals surface area contributed by atoms with Crippen LogP contribution >= 0.6 is 11.6 Å². The summed E-state index contributed by atoms with van der Waals surface area (Å²) in [6, 6.07) is 10.4. The maximum Gasteiger partial charge on any atom is 0.289 e. The summed E-state index contributed by atoms with van der Waals surface area (Å²) in [6.45, 7) is 1.41. The summed E-state index contributed by atoms with van der Waals surface area (Å²) in [6.07, 6.45) is 0.519. The zero-order valence-electron chi connectivity index (χ0n) is 15.9. The number of nitro benzene ring substituents is 1. The van der Waals surface area contributed by atoms with E-state index in [1.807, 2.05) is 0 Å². The van der Waals surface area contributed by atoms with Gasteiger partial charge in [-0.15, -0.1) is 0 Å². The number of amides is 1. The molecule has 1 aliphatic rings. The molecule has 1 N–H and O–H groups in total. The van der Waals surface area contributed by atoms with Crippen LogP contribution in [0.15, 0.2) is 47.4 Å². The van der Waals surface area contributed by atoms with Crippen LogP contribution in [0.4, 0.5) is 11.4 Å².